The average Bonchev–Trinajstić information content (AvgIpc) is 2.46. The number of halogens is 2. The first kappa shape index (κ1) is 18.3. The van der Waals surface area contributed by atoms with Gasteiger partial charge in [0, 0.05) is 13.1 Å². The molecule has 1 aromatic carbocycles. The maximum absolute atomic E-state index is 12.2. The maximum atomic E-state index is 12.2. The van der Waals surface area contributed by atoms with Gasteiger partial charge in [0.15, 0.2) is 0 Å². The molecule has 0 spiro atoms. The highest BCUT2D eigenvalue weighted by molar-refractivity contribution is 7.89. The van der Waals surface area contributed by atoms with Crippen molar-refractivity contribution in [2.75, 3.05) is 26.7 Å². The van der Waals surface area contributed by atoms with E-state index in [2.05, 4.69) is 10.0 Å². The van der Waals surface area contributed by atoms with Gasteiger partial charge in [-0.15, -0.1) is 12.4 Å². The first-order valence-electron chi connectivity index (χ1n) is 6.25. The molecular formula is C13H18Cl2N2O3S. The zero-order chi connectivity index (χ0) is 14.6. The number of sulfonamides is 1. The molecule has 5 nitrogen and oxygen atoms in total. The third-order valence-electron chi connectivity index (χ3n) is 3.08. The van der Waals surface area contributed by atoms with Crippen molar-refractivity contribution in [3.05, 3.63) is 34.9 Å². The first-order valence-corrected chi connectivity index (χ1v) is 8.11. The van der Waals surface area contributed by atoms with Gasteiger partial charge < -0.3 is 10.1 Å². The molecule has 0 atom stereocenters. The fraction of sp³-hybridized carbons (Fsp3) is 0.385. The number of benzene rings is 1. The molecule has 1 heterocycles. The molecule has 1 aromatic rings. The Balaban J connectivity index is 0.00000220. The van der Waals surface area contributed by atoms with Crippen molar-refractivity contribution < 1.29 is 13.2 Å². The van der Waals surface area contributed by atoms with Crippen LogP contribution in [0.25, 0.3) is 0 Å². The molecule has 0 amide bonds. The van der Waals surface area contributed by atoms with Crippen LogP contribution in [0.1, 0.15) is 6.42 Å². The average molecular weight is 353 g/mol. The van der Waals surface area contributed by atoms with Gasteiger partial charge in [-0.2, -0.15) is 0 Å². The summed E-state index contributed by atoms with van der Waals surface area (Å²) >= 11 is 5.95. The van der Waals surface area contributed by atoms with Gasteiger partial charge in [-0.25, -0.2) is 13.1 Å². The molecule has 1 aliphatic rings. The van der Waals surface area contributed by atoms with E-state index in [4.69, 9.17) is 16.3 Å². The molecule has 118 valence electrons. The Morgan fingerprint density at radius 3 is 2.76 bits per heavy atom. The van der Waals surface area contributed by atoms with E-state index in [1.165, 1.54) is 19.2 Å². The third kappa shape index (κ3) is 4.86. The summed E-state index contributed by atoms with van der Waals surface area (Å²) in [4.78, 5) is 0.137. The molecule has 0 saturated carbocycles. The summed E-state index contributed by atoms with van der Waals surface area (Å²) in [6, 6.07) is 4.41. The molecule has 2 rings (SSSR count). The van der Waals surface area contributed by atoms with Gasteiger partial charge in [-0.05, 0) is 31.2 Å². The van der Waals surface area contributed by atoms with E-state index in [-0.39, 0.29) is 22.3 Å². The maximum Gasteiger partial charge on any atom is 0.240 e. The Hall–Kier alpha value is -0.790. The monoisotopic (exact) mass is 352 g/mol. The summed E-state index contributed by atoms with van der Waals surface area (Å²) in [5.74, 6) is 0.451. The lowest BCUT2D eigenvalue weighted by Crippen LogP contribution is -2.29. The SMILES string of the molecule is COc1ccc(S(=O)(=O)NCC2=CCNCC2)cc1Cl.Cl. The van der Waals surface area contributed by atoms with Gasteiger partial charge in [-0.1, -0.05) is 23.3 Å². The predicted octanol–water partition coefficient (Wildman–Crippen LogP) is 1.97. The molecule has 8 heteroatoms. The van der Waals surface area contributed by atoms with Crippen LogP contribution in [-0.4, -0.2) is 35.2 Å². The van der Waals surface area contributed by atoms with E-state index in [0.717, 1.165) is 25.1 Å². The van der Waals surface area contributed by atoms with Gasteiger partial charge in [-0.3, -0.25) is 0 Å². The fourth-order valence-electron chi connectivity index (χ4n) is 1.92. The van der Waals surface area contributed by atoms with Crippen molar-refractivity contribution in [2.45, 2.75) is 11.3 Å². The molecule has 0 saturated heterocycles. The van der Waals surface area contributed by atoms with Crippen molar-refractivity contribution in [1.82, 2.24) is 10.0 Å². The quantitative estimate of drug-likeness (QED) is 0.795. The highest BCUT2D eigenvalue weighted by Gasteiger charge is 2.16. The standard InChI is InChI=1S/C13H17ClN2O3S.ClH/c1-19-13-3-2-11(8-12(13)14)20(17,18)16-9-10-4-6-15-7-5-10;/h2-4,8,15-16H,5-7,9H2,1H3;1H. The highest BCUT2D eigenvalue weighted by Crippen LogP contribution is 2.26. The van der Waals surface area contributed by atoms with Crippen LogP contribution in [0.4, 0.5) is 0 Å². The second-order valence-corrected chi connectivity index (χ2v) is 6.61. The summed E-state index contributed by atoms with van der Waals surface area (Å²) in [7, 11) is -2.08. The summed E-state index contributed by atoms with van der Waals surface area (Å²) in [6.45, 7) is 1.99. The smallest absolute Gasteiger partial charge is 0.240 e. The second-order valence-electron chi connectivity index (χ2n) is 4.44. The van der Waals surface area contributed by atoms with Crippen LogP contribution in [0.5, 0.6) is 5.75 Å². The Labute approximate surface area is 136 Å². The van der Waals surface area contributed by atoms with Crippen LogP contribution in [0.3, 0.4) is 0 Å². The van der Waals surface area contributed by atoms with Crippen LogP contribution in [0.15, 0.2) is 34.7 Å². The minimum atomic E-state index is -3.56. The van der Waals surface area contributed by atoms with E-state index < -0.39 is 10.0 Å². The Bertz CT molecular complexity index is 618. The summed E-state index contributed by atoms with van der Waals surface area (Å²) in [5.41, 5.74) is 1.09. The van der Waals surface area contributed by atoms with Crippen molar-refractivity contribution >= 4 is 34.0 Å². The first-order chi connectivity index (χ1) is 9.53. The van der Waals surface area contributed by atoms with Crippen LogP contribution in [0, 0.1) is 0 Å². The number of nitrogens with one attached hydrogen (secondary N) is 2. The zero-order valence-electron chi connectivity index (χ0n) is 11.6. The highest BCUT2D eigenvalue weighted by atomic mass is 35.5. The minimum absolute atomic E-state index is 0. The molecule has 0 unspecified atom stereocenters. The molecule has 0 aromatic heterocycles. The Kier molecular flexibility index (Phi) is 6.96. The van der Waals surface area contributed by atoms with Gasteiger partial charge in [0.25, 0.3) is 0 Å². The Morgan fingerprint density at radius 2 is 2.19 bits per heavy atom. The lowest BCUT2D eigenvalue weighted by Gasteiger charge is -2.15. The molecule has 0 bridgehead atoms. The zero-order valence-corrected chi connectivity index (χ0v) is 13.9. The number of ether oxygens (including phenoxy) is 1. The van der Waals surface area contributed by atoms with E-state index in [1.54, 1.807) is 6.07 Å². The summed E-state index contributed by atoms with van der Waals surface area (Å²) in [5, 5.41) is 3.45. The third-order valence-corrected chi connectivity index (χ3v) is 4.78. The lowest BCUT2D eigenvalue weighted by atomic mass is 10.1. The number of hydrogen-bond donors (Lipinski definition) is 2. The molecule has 0 aliphatic carbocycles. The van der Waals surface area contributed by atoms with E-state index in [0.29, 0.717) is 12.3 Å². The molecule has 0 fully saturated rings. The van der Waals surface area contributed by atoms with Crippen molar-refractivity contribution in [1.29, 1.82) is 0 Å². The van der Waals surface area contributed by atoms with Crippen LogP contribution in [0.2, 0.25) is 5.02 Å². The van der Waals surface area contributed by atoms with Gasteiger partial charge in [0.2, 0.25) is 10.0 Å². The van der Waals surface area contributed by atoms with Crippen molar-refractivity contribution in [3.63, 3.8) is 0 Å². The van der Waals surface area contributed by atoms with Crippen molar-refractivity contribution in [2.24, 2.45) is 0 Å². The summed E-state index contributed by atoms with van der Waals surface area (Å²) < 4.78 is 31.9. The van der Waals surface area contributed by atoms with E-state index in [9.17, 15) is 8.42 Å². The lowest BCUT2D eigenvalue weighted by molar-refractivity contribution is 0.414. The Morgan fingerprint density at radius 1 is 1.43 bits per heavy atom. The fourth-order valence-corrected chi connectivity index (χ4v) is 3.30. The van der Waals surface area contributed by atoms with Gasteiger partial charge >= 0.3 is 0 Å². The van der Waals surface area contributed by atoms with Crippen molar-refractivity contribution in [3.8, 4) is 5.75 Å². The van der Waals surface area contributed by atoms with Crippen LogP contribution < -0.4 is 14.8 Å². The molecular weight excluding hydrogens is 335 g/mol. The largest absolute Gasteiger partial charge is 0.495 e. The minimum Gasteiger partial charge on any atom is -0.495 e. The molecule has 2 N–H and O–H groups in total. The van der Waals surface area contributed by atoms with E-state index >= 15 is 0 Å². The normalized spacial score (nSPS) is 15.0. The van der Waals surface area contributed by atoms with Gasteiger partial charge in [0.05, 0.1) is 17.0 Å². The second kappa shape index (κ2) is 8.00. The molecule has 21 heavy (non-hydrogen) atoms. The van der Waals surface area contributed by atoms with Crippen LogP contribution in [-0.2, 0) is 10.0 Å². The van der Waals surface area contributed by atoms with Gasteiger partial charge in [0.1, 0.15) is 5.75 Å². The number of hydrogen-bond acceptors (Lipinski definition) is 4. The molecule has 1 aliphatic heterocycles. The predicted molar refractivity (Wildman–Crippen MR) is 86.0 cm³/mol. The number of methoxy groups -OCH3 is 1. The van der Waals surface area contributed by atoms with Crippen LogP contribution >= 0.6 is 24.0 Å². The number of rotatable bonds is 5. The van der Waals surface area contributed by atoms with E-state index in [1.807, 2.05) is 6.08 Å². The summed E-state index contributed by atoms with van der Waals surface area (Å²) in [6.07, 6.45) is 2.86. The molecule has 0 radical (unpaired) electrons. The topological polar surface area (TPSA) is 67.4 Å².